The van der Waals surface area contributed by atoms with Crippen LogP contribution in [0.25, 0.3) is 0 Å². The molecule has 0 radical (unpaired) electrons. The van der Waals surface area contributed by atoms with Crippen LogP contribution in [0.2, 0.25) is 0 Å². The van der Waals surface area contributed by atoms with Gasteiger partial charge in [0.05, 0.1) is 39.6 Å². The predicted octanol–water partition coefficient (Wildman–Crippen LogP) is 23.0. The number of unbranched alkanes of at least 4 members (excludes halogenated alkanes) is 30. The Bertz CT molecular complexity index is 3210. The van der Waals surface area contributed by atoms with Crippen molar-refractivity contribution in [3.05, 3.63) is 34.2 Å². The summed E-state index contributed by atoms with van der Waals surface area (Å²) in [5.74, 6) is -5.52. The molecule has 7 aliphatic rings. The Kier molecular flexibility index (Phi) is 48.8. The van der Waals surface area contributed by atoms with E-state index in [9.17, 15) is 0 Å². The molecule has 141 heavy (non-hydrogen) atoms. The van der Waals surface area contributed by atoms with Gasteiger partial charge in [-0.05, 0) is 282 Å². The van der Waals surface area contributed by atoms with Crippen LogP contribution in [0.1, 0.15) is 516 Å². The minimum absolute atomic E-state index is 0.284. The van der Waals surface area contributed by atoms with Crippen LogP contribution < -0.4 is 47.9 Å². The minimum Gasteiger partial charge on any atom is -0.349 e. The van der Waals surface area contributed by atoms with Crippen molar-refractivity contribution in [1.82, 2.24) is 78.2 Å². The van der Waals surface area contributed by atoms with E-state index in [4.69, 9.17) is 29.0 Å². The molecule has 0 saturated carbocycles. The van der Waals surface area contributed by atoms with E-state index in [0.717, 1.165) is 116 Å². The molecule has 0 unspecified atom stereocenters. The zero-order valence-electron chi connectivity index (χ0n) is 95.7. The minimum atomic E-state index is -0.778. The van der Waals surface area contributed by atoms with Crippen LogP contribution in [-0.2, 0) is 57.8 Å². The third-order valence-electron chi connectivity index (χ3n) is 30.7. The molecule has 0 aliphatic carbocycles. The van der Waals surface area contributed by atoms with Crippen LogP contribution in [0.4, 0.5) is 0 Å². The summed E-state index contributed by atoms with van der Waals surface area (Å²) >= 11 is 0. The van der Waals surface area contributed by atoms with E-state index in [2.05, 4.69) is 286 Å². The molecule has 7 rings (SSSR count). The van der Waals surface area contributed by atoms with Gasteiger partial charge in [0.1, 0.15) is 34.2 Å². The van der Waals surface area contributed by atoms with E-state index in [1.165, 1.54) is 116 Å². The Hall–Kier alpha value is -5.04. The van der Waals surface area contributed by atoms with Crippen molar-refractivity contribution in [2.45, 2.75) is 619 Å². The number of nitrogens with zero attached hydrogens (tertiary/aromatic N) is 6. The summed E-state index contributed by atoms with van der Waals surface area (Å²) in [7, 11) is 0. The van der Waals surface area contributed by atoms with Crippen molar-refractivity contribution in [3.8, 4) is 0 Å². The molecule has 7 fully saturated rings. The molecule has 0 aromatic heterocycles. The Morgan fingerprint density at radius 3 is 0.418 bits per heavy atom. The lowest BCUT2D eigenvalue weighted by molar-refractivity contribution is -0.284. The molecule has 7 heterocycles. The Balaban J connectivity index is 1.52. The first kappa shape index (κ1) is 123. The highest BCUT2D eigenvalue weighted by Gasteiger charge is 2.55. The lowest BCUT2D eigenvalue weighted by atomic mass is 9.78. The summed E-state index contributed by atoms with van der Waals surface area (Å²) in [5.41, 5.74) is -9.05. The van der Waals surface area contributed by atoms with Gasteiger partial charge >= 0.3 is 0 Å². The first-order valence-electron chi connectivity index (χ1n) is 57.1. The number of hydroxylamine groups is 12. The van der Waals surface area contributed by atoms with Crippen molar-refractivity contribution in [3.63, 3.8) is 0 Å². The molecule has 816 valence electrons. The van der Waals surface area contributed by atoms with Crippen LogP contribution in [0, 0.1) is 0 Å². The fraction of sp³-hybridized carbons (Fsp3) is 0.895. The van der Waals surface area contributed by atoms with Crippen molar-refractivity contribution in [1.29, 1.82) is 0 Å². The molecule has 6 amide bonds. The summed E-state index contributed by atoms with van der Waals surface area (Å²) in [6.45, 7) is 67.8. The number of hydrogen-bond acceptors (Lipinski definition) is 21. The molecule has 0 bridgehead atoms. The number of carbonyl (C=O) groups excluding carboxylic acids is 6. The number of rotatable bonds is 60. The van der Waals surface area contributed by atoms with Gasteiger partial charge in [0, 0.05) is 103 Å². The standard InChI is InChI=1S/C114H213N15O12/c1-31-37-43-49-55-61-67-136-124-103(7,8)73-85(74-104(124,9)10)115-97(130)91(98(131)116-86-75-105(11,12)125(106(13,14)76-86)137-68-62-56-50-44-38-32-2)94-121-95(92(99(132)117-87-77-107(15,16)126(108(17,18)78-87)138-69-63-57-51-45-39-33-3)100(133)118-88-79-109(19,20)127(110(21,22)80-88)139-70-64-58-52-46-40-34-4)123-96(122-94)93(101(134)119-89-81-111(23,24)128(112(25,26)82-89)140-71-65-59-53-47-41-35-5)102(135)120-90-83-113(27,28)129(114(29,30)84-90)141-72-66-60-54-48-42-36-6/h85-90,121-123H,31-84H2,1-30H3,(H,115,130)(H,116,131)(H,117,132)(H,118,133)(H,119,134)(H,120,135). The Morgan fingerprint density at radius 1 is 0.199 bits per heavy atom. The maximum Gasteiger partial charge on any atom is 0.260 e. The van der Waals surface area contributed by atoms with Gasteiger partial charge < -0.3 is 47.9 Å². The smallest absolute Gasteiger partial charge is 0.260 e. The molecular formula is C114H213N15O12. The molecule has 27 nitrogen and oxygen atoms in total. The number of carbonyl (C=O) groups is 6. The summed E-state index contributed by atoms with van der Waals surface area (Å²) in [4.78, 5) is 143. The van der Waals surface area contributed by atoms with Gasteiger partial charge in [-0.15, -0.1) is 0 Å². The van der Waals surface area contributed by atoms with Gasteiger partial charge in [0.2, 0.25) is 0 Å². The Labute approximate surface area is 859 Å². The second kappa shape index (κ2) is 56.0. The van der Waals surface area contributed by atoms with E-state index < -0.39 is 155 Å². The van der Waals surface area contributed by atoms with E-state index in [1.807, 2.05) is 0 Å². The van der Waals surface area contributed by atoms with Crippen LogP contribution in [-0.4, -0.2) is 208 Å². The first-order chi connectivity index (χ1) is 66.1. The highest BCUT2D eigenvalue weighted by molar-refractivity contribution is 6.22. The van der Waals surface area contributed by atoms with Gasteiger partial charge in [0.15, 0.2) is 0 Å². The lowest BCUT2D eigenvalue weighted by Crippen LogP contribution is -2.65. The molecule has 0 aromatic rings. The van der Waals surface area contributed by atoms with E-state index in [1.54, 1.807) is 0 Å². The molecule has 0 spiro atoms. The van der Waals surface area contributed by atoms with Crippen LogP contribution >= 0.6 is 0 Å². The second-order valence-corrected chi connectivity index (χ2v) is 51.2. The van der Waals surface area contributed by atoms with E-state index in [0.29, 0.717) is 117 Å². The molecular weight excluding hydrogens is 1770 g/mol. The predicted molar refractivity (Wildman–Crippen MR) is 573 cm³/mol. The molecule has 7 saturated heterocycles. The number of piperidine rings is 6. The molecule has 9 N–H and O–H groups in total. The van der Waals surface area contributed by atoms with Crippen molar-refractivity contribution >= 4 is 35.4 Å². The highest BCUT2D eigenvalue weighted by Crippen LogP contribution is 2.47. The zero-order valence-corrected chi connectivity index (χ0v) is 95.7. The molecule has 27 heteroatoms. The molecule has 0 aromatic carbocycles. The quantitative estimate of drug-likeness (QED) is 0.0118. The van der Waals surface area contributed by atoms with Gasteiger partial charge in [-0.1, -0.05) is 234 Å². The van der Waals surface area contributed by atoms with Crippen molar-refractivity contribution in [2.75, 3.05) is 39.6 Å². The number of hydrogen-bond donors (Lipinski definition) is 9. The van der Waals surface area contributed by atoms with Gasteiger partial charge in [-0.3, -0.25) is 57.8 Å². The van der Waals surface area contributed by atoms with Crippen molar-refractivity contribution in [2.24, 2.45) is 0 Å². The maximum absolute atomic E-state index is 17.0. The molecule has 0 atom stereocenters. The monoisotopic (exact) mass is 1980 g/mol. The number of amides is 6. The average Bonchev–Trinajstić information content (AvgIpc) is 0.738. The second-order valence-electron chi connectivity index (χ2n) is 51.2. The van der Waals surface area contributed by atoms with Crippen LogP contribution in [0.5, 0.6) is 0 Å². The SMILES string of the molecule is CCCCCCCCON1C(C)(C)CC(NC(=O)C(C(=O)NC2CC(C)(C)N(OCCCCCCCC)C(C)(C)C2)=C2NC(=C(C(=O)NC3CC(C)(C)N(OCCCCCCCC)C(C)(C)C3)C(=O)NC3CC(C)(C)N(OCCCCCCCC)C(C)(C)C3)NC(=C(C(=O)NC3CC(C)(C)N(OCCCCCCCC)C(C)(C)C3)C(=O)NC3CC(C)(C)N(OCCCCCCCC)C(C)(C)C3)N2)CC1(C)C. The average molecular weight is 1990 g/mol. The van der Waals surface area contributed by atoms with Gasteiger partial charge in [-0.2, -0.15) is 30.4 Å². The third kappa shape index (κ3) is 37.3. The third-order valence-corrected chi connectivity index (χ3v) is 30.7. The topological polar surface area (TPSA) is 286 Å². The molecule has 7 aliphatic heterocycles. The Morgan fingerprint density at radius 2 is 0.305 bits per heavy atom. The highest BCUT2D eigenvalue weighted by atomic mass is 16.7. The van der Waals surface area contributed by atoms with Gasteiger partial charge in [0.25, 0.3) is 35.4 Å². The van der Waals surface area contributed by atoms with E-state index in [-0.39, 0.29) is 17.5 Å². The summed E-state index contributed by atoms with van der Waals surface area (Å²) in [6, 6.07) is -3.34. The summed E-state index contributed by atoms with van der Waals surface area (Å²) < 4.78 is 0. The fourth-order valence-electron chi connectivity index (χ4n) is 25.9. The summed E-state index contributed by atoms with van der Waals surface area (Å²) in [5, 5.41) is 43.7. The lowest BCUT2D eigenvalue weighted by Gasteiger charge is -2.54. The van der Waals surface area contributed by atoms with E-state index >= 15 is 28.8 Å². The summed E-state index contributed by atoms with van der Waals surface area (Å²) in [6.07, 6.45) is 44.9. The largest absolute Gasteiger partial charge is 0.349 e. The first-order valence-corrected chi connectivity index (χ1v) is 57.1. The number of nitrogens with one attached hydrogen (secondary N) is 9. The van der Waals surface area contributed by atoms with Gasteiger partial charge in [-0.25, -0.2) is 0 Å². The maximum atomic E-state index is 17.0. The normalized spacial score (nSPS) is 22.2. The fourth-order valence-corrected chi connectivity index (χ4v) is 25.9. The van der Waals surface area contributed by atoms with Crippen molar-refractivity contribution < 1.29 is 57.8 Å². The zero-order chi connectivity index (χ0) is 105. The van der Waals surface area contributed by atoms with Crippen LogP contribution in [0.3, 0.4) is 0 Å². The van der Waals surface area contributed by atoms with Crippen LogP contribution in [0.15, 0.2) is 34.2 Å².